The third kappa shape index (κ3) is 8.76. The van der Waals surface area contributed by atoms with Crippen LogP contribution in [0.2, 0.25) is 5.02 Å². The molecule has 0 spiro atoms. The van der Waals surface area contributed by atoms with Crippen LogP contribution in [0.4, 0.5) is 5.69 Å². The molecular formula is C38H42ClN3O5S. The Morgan fingerprint density at radius 3 is 2.21 bits per heavy atom. The van der Waals surface area contributed by atoms with Crippen LogP contribution in [0.15, 0.2) is 108 Å². The lowest BCUT2D eigenvalue weighted by Crippen LogP contribution is -2.55. The van der Waals surface area contributed by atoms with E-state index in [0.29, 0.717) is 10.8 Å². The van der Waals surface area contributed by atoms with Crippen molar-refractivity contribution >= 4 is 39.1 Å². The maximum absolute atomic E-state index is 14.7. The number of rotatable bonds is 13. The van der Waals surface area contributed by atoms with E-state index in [1.165, 1.54) is 17.0 Å². The normalized spacial score (nSPS) is 14.1. The lowest BCUT2D eigenvalue weighted by Gasteiger charge is -2.35. The Morgan fingerprint density at radius 2 is 1.54 bits per heavy atom. The van der Waals surface area contributed by atoms with E-state index >= 15 is 0 Å². The number of hydrogen-bond donors (Lipinski definition) is 1. The molecule has 5 rings (SSSR count). The highest BCUT2D eigenvalue weighted by atomic mass is 35.5. The van der Waals surface area contributed by atoms with E-state index < -0.39 is 28.5 Å². The van der Waals surface area contributed by atoms with Crippen molar-refractivity contribution in [3.63, 3.8) is 0 Å². The lowest BCUT2D eigenvalue weighted by atomic mass is 9.94. The van der Waals surface area contributed by atoms with Gasteiger partial charge in [0.25, 0.3) is 10.0 Å². The third-order valence-electron chi connectivity index (χ3n) is 8.76. The van der Waals surface area contributed by atoms with Gasteiger partial charge in [-0.25, -0.2) is 8.42 Å². The predicted octanol–water partition coefficient (Wildman–Crippen LogP) is 6.94. The summed E-state index contributed by atoms with van der Waals surface area (Å²) >= 11 is 6.48. The minimum Gasteiger partial charge on any atom is -0.497 e. The van der Waals surface area contributed by atoms with E-state index in [9.17, 15) is 18.0 Å². The molecule has 0 unspecified atom stereocenters. The largest absolute Gasteiger partial charge is 0.497 e. The Balaban J connectivity index is 1.58. The van der Waals surface area contributed by atoms with Gasteiger partial charge in [-0.3, -0.25) is 13.9 Å². The van der Waals surface area contributed by atoms with Gasteiger partial charge in [0.15, 0.2) is 0 Å². The summed E-state index contributed by atoms with van der Waals surface area (Å²) in [4.78, 5) is 30.5. The van der Waals surface area contributed by atoms with Gasteiger partial charge in [-0.2, -0.15) is 0 Å². The van der Waals surface area contributed by atoms with Gasteiger partial charge in [0, 0.05) is 24.0 Å². The maximum Gasteiger partial charge on any atom is 0.264 e. The second kappa shape index (κ2) is 16.2. The Morgan fingerprint density at radius 1 is 0.875 bits per heavy atom. The Bertz CT molecular complexity index is 1800. The molecular weight excluding hydrogens is 646 g/mol. The number of ether oxygens (including phenoxy) is 1. The van der Waals surface area contributed by atoms with E-state index in [-0.39, 0.29) is 35.5 Å². The zero-order chi connectivity index (χ0) is 34.1. The van der Waals surface area contributed by atoms with Gasteiger partial charge in [0.05, 0.1) is 17.7 Å². The van der Waals surface area contributed by atoms with Crippen LogP contribution >= 0.6 is 11.6 Å². The first-order valence-electron chi connectivity index (χ1n) is 16.3. The summed E-state index contributed by atoms with van der Waals surface area (Å²) < 4.78 is 34.9. The molecule has 252 valence electrons. The third-order valence-corrected chi connectivity index (χ3v) is 11.0. The molecule has 1 saturated carbocycles. The Labute approximate surface area is 288 Å². The van der Waals surface area contributed by atoms with Crippen LogP contribution in [0.5, 0.6) is 5.75 Å². The predicted molar refractivity (Wildman–Crippen MR) is 190 cm³/mol. The molecule has 4 aromatic rings. The molecule has 1 aliphatic rings. The molecule has 4 aromatic carbocycles. The molecule has 2 amide bonds. The smallest absolute Gasteiger partial charge is 0.264 e. The number of carbonyl (C=O) groups excluding carboxylic acids is 2. The topological polar surface area (TPSA) is 96.0 Å². The number of benzene rings is 4. The molecule has 0 aromatic heterocycles. The Kier molecular flexibility index (Phi) is 11.8. The quantitative estimate of drug-likeness (QED) is 0.164. The number of hydrogen-bond acceptors (Lipinski definition) is 5. The molecule has 1 aliphatic carbocycles. The molecule has 8 nitrogen and oxygen atoms in total. The second-order valence-corrected chi connectivity index (χ2v) is 14.4. The van der Waals surface area contributed by atoms with Crippen molar-refractivity contribution < 1.29 is 22.7 Å². The van der Waals surface area contributed by atoms with Gasteiger partial charge in [0.2, 0.25) is 11.8 Å². The van der Waals surface area contributed by atoms with Crippen molar-refractivity contribution in [1.29, 1.82) is 0 Å². The van der Waals surface area contributed by atoms with E-state index in [0.717, 1.165) is 53.1 Å². The van der Waals surface area contributed by atoms with Gasteiger partial charge >= 0.3 is 0 Å². The molecule has 1 N–H and O–H groups in total. The number of methoxy groups -OCH3 is 1. The Hall–Kier alpha value is -4.34. The highest BCUT2D eigenvalue weighted by Gasteiger charge is 2.35. The van der Waals surface area contributed by atoms with Gasteiger partial charge in [0.1, 0.15) is 18.3 Å². The summed E-state index contributed by atoms with van der Waals surface area (Å²) in [5.41, 5.74) is 2.63. The molecule has 48 heavy (non-hydrogen) atoms. The zero-order valence-corrected chi connectivity index (χ0v) is 28.9. The van der Waals surface area contributed by atoms with Crippen LogP contribution in [-0.4, -0.2) is 50.9 Å². The summed E-state index contributed by atoms with van der Waals surface area (Å²) in [7, 11) is -2.65. The molecule has 10 heteroatoms. The van der Waals surface area contributed by atoms with E-state index in [1.54, 1.807) is 43.5 Å². The monoisotopic (exact) mass is 687 g/mol. The van der Waals surface area contributed by atoms with E-state index in [4.69, 9.17) is 16.3 Å². The SMILES string of the molecule is COc1cccc(CN(C(=O)CN(c2ccc(C)c(Cl)c2)S(=O)(=O)c2ccccc2)[C@H](Cc2ccccc2)C(=O)NC2CCCCC2)c1. The van der Waals surface area contributed by atoms with Crippen molar-refractivity contribution in [2.75, 3.05) is 18.0 Å². The highest BCUT2D eigenvalue weighted by molar-refractivity contribution is 7.92. The summed E-state index contributed by atoms with van der Waals surface area (Å²) in [6.07, 6.45) is 5.21. The average molecular weight is 688 g/mol. The zero-order valence-electron chi connectivity index (χ0n) is 27.3. The van der Waals surface area contributed by atoms with Crippen molar-refractivity contribution in [3.8, 4) is 5.75 Å². The molecule has 0 radical (unpaired) electrons. The first kappa shape index (κ1) is 35.0. The van der Waals surface area contributed by atoms with Crippen LogP contribution in [0.3, 0.4) is 0 Å². The standard InChI is InChI=1S/C38H42ClN3O5S/c1-28-21-22-32(25-35(28)39)42(48(45,46)34-19-10-5-11-20-34)27-37(43)41(26-30-15-12-18-33(23-30)47-2)36(24-29-13-6-3-7-14-29)38(44)40-31-16-8-4-9-17-31/h3,5-7,10-15,18-23,25,31,36H,4,8-9,16-17,24,26-27H2,1-2H3,(H,40,44)/t36-/m1/s1. The molecule has 0 saturated heterocycles. The second-order valence-electron chi connectivity index (χ2n) is 12.2. The number of sulfonamides is 1. The number of nitrogens with zero attached hydrogens (tertiary/aromatic N) is 2. The van der Waals surface area contributed by atoms with Crippen molar-refractivity contribution in [2.24, 2.45) is 0 Å². The minimum absolute atomic E-state index is 0.0166. The number of carbonyl (C=O) groups is 2. The van der Waals surface area contributed by atoms with Crippen LogP contribution < -0.4 is 14.4 Å². The van der Waals surface area contributed by atoms with E-state index in [2.05, 4.69) is 5.32 Å². The molecule has 0 aliphatic heterocycles. The van der Waals surface area contributed by atoms with Crippen molar-refractivity contribution in [2.45, 2.75) is 69.0 Å². The van der Waals surface area contributed by atoms with E-state index in [1.807, 2.05) is 61.5 Å². The average Bonchev–Trinajstić information content (AvgIpc) is 3.11. The molecule has 0 bridgehead atoms. The number of anilines is 1. The number of nitrogens with one attached hydrogen (secondary N) is 1. The van der Waals surface area contributed by atoms with Gasteiger partial charge in [-0.05, 0) is 72.9 Å². The number of aryl methyl sites for hydroxylation is 1. The van der Waals surface area contributed by atoms with Crippen LogP contribution in [0.25, 0.3) is 0 Å². The van der Waals surface area contributed by atoms with Gasteiger partial charge in [-0.15, -0.1) is 0 Å². The maximum atomic E-state index is 14.7. The molecule has 0 heterocycles. The summed E-state index contributed by atoms with van der Waals surface area (Å²) in [6, 6.07) is 28.8. The fourth-order valence-electron chi connectivity index (χ4n) is 6.05. The fourth-order valence-corrected chi connectivity index (χ4v) is 7.65. The van der Waals surface area contributed by atoms with Crippen LogP contribution in [0, 0.1) is 6.92 Å². The lowest BCUT2D eigenvalue weighted by molar-refractivity contribution is -0.140. The van der Waals surface area contributed by atoms with Crippen LogP contribution in [0.1, 0.15) is 48.8 Å². The van der Waals surface area contributed by atoms with Crippen molar-refractivity contribution in [3.05, 3.63) is 125 Å². The van der Waals surface area contributed by atoms with Crippen molar-refractivity contribution in [1.82, 2.24) is 10.2 Å². The summed E-state index contributed by atoms with van der Waals surface area (Å²) in [5.74, 6) is -0.194. The number of amides is 2. The fraction of sp³-hybridized carbons (Fsp3) is 0.316. The highest BCUT2D eigenvalue weighted by Crippen LogP contribution is 2.29. The first-order valence-corrected chi connectivity index (χ1v) is 18.1. The molecule has 1 atom stereocenters. The van der Waals surface area contributed by atoms with Crippen LogP contribution in [-0.2, 0) is 32.6 Å². The first-order chi connectivity index (χ1) is 23.2. The van der Waals surface area contributed by atoms with Gasteiger partial charge < -0.3 is 15.0 Å². The minimum atomic E-state index is -4.22. The van der Waals surface area contributed by atoms with Gasteiger partial charge in [-0.1, -0.05) is 97.6 Å². The number of halogens is 1. The summed E-state index contributed by atoms with van der Waals surface area (Å²) in [5, 5.41) is 3.60. The molecule has 1 fully saturated rings. The summed E-state index contributed by atoms with van der Waals surface area (Å²) in [6.45, 7) is 1.32.